The summed E-state index contributed by atoms with van der Waals surface area (Å²) in [5.41, 5.74) is 4.96. The number of amides is 2. The predicted octanol–water partition coefficient (Wildman–Crippen LogP) is 4.45. The molecule has 172 valence electrons. The third-order valence-corrected chi connectivity index (χ3v) is 4.97. The summed E-state index contributed by atoms with van der Waals surface area (Å²) in [5, 5.41) is 5.44. The second kappa shape index (κ2) is 13.2. The molecule has 2 rings (SSSR count). The summed E-state index contributed by atoms with van der Waals surface area (Å²) in [4.78, 5) is 21.8. The molecule has 0 aliphatic carbocycles. The highest BCUT2D eigenvalue weighted by Crippen LogP contribution is 2.32. The molecule has 0 spiro atoms. The minimum atomic E-state index is -0.0571. The van der Waals surface area contributed by atoms with Gasteiger partial charge in [0.05, 0.1) is 13.1 Å². The Balaban J connectivity index is 2.08. The molecule has 0 saturated carbocycles. The molecule has 2 aromatic rings. The number of carbonyl (C=O) groups is 2. The maximum Gasteiger partial charge on any atom is 0.216 e. The molecule has 2 amide bonds. The van der Waals surface area contributed by atoms with E-state index in [2.05, 4.69) is 48.7 Å². The SMILES string of the molecule is CCC(=C(CC)c1ccc(OCCNC(C)=O)cc1)c1ccc(OCCNC(C)=O)cc1. The van der Waals surface area contributed by atoms with Gasteiger partial charge in [0, 0.05) is 13.8 Å². The molecular formula is C26H34N2O4. The summed E-state index contributed by atoms with van der Waals surface area (Å²) >= 11 is 0. The Morgan fingerprint density at radius 1 is 0.656 bits per heavy atom. The standard InChI is InChI=1S/C26H34N2O4/c1-5-25(21-7-11-23(12-8-21)31-17-15-27-19(3)29)26(6-2)22-9-13-24(14-10-22)32-18-16-28-20(4)30/h7-14H,5-6,15-18H2,1-4H3,(H,27,29)(H,28,30). The number of carbonyl (C=O) groups excluding carboxylic acids is 2. The first-order chi connectivity index (χ1) is 15.4. The van der Waals surface area contributed by atoms with E-state index in [1.165, 1.54) is 36.1 Å². The van der Waals surface area contributed by atoms with Crippen molar-refractivity contribution in [3.63, 3.8) is 0 Å². The van der Waals surface area contributed by atoms with Crippen molar-refractivity contribution >= 4 is 23.0 Å². The molecule has 0 heterocycles. The number of ether oxygens (including phenoxy) is 2. The monoisotopic (exact) mass is 438 g/mol. The summed E-state index contributed by atoms with van der Waals surface area (Å²) in [6.07, 6.45) is 1.84. The smallest absolute Gasteiger partial charge is 0.216 e. The maximum absolute atomic E-state index is 10.9. The van der Waals surface area contributed by atoms with Gasteiger partial charge in [-0.05, 0) is 59.4 Å². The zero-order valence-corrected chi connectivity index (χ0v) is 19.5. The normalized spacial score (nSPS) is 11.4. The van der Waals surface area contributed by atoms with Crippen LogP contribution in [0, 0.1) is 0 Å². The molecule has 0 radical (unpaired) electrons. The lowest BCUT2D eigenvalue weighted by atomic mass is 9.91. The third-order valence-electron chi connectivity index (χ3n) is 4.97. The van der Waals surface area contributed by atoms with E-state index >= 15 is 0 Å². The first-order valence-electron chi connectivity index (χ1n) is 11.1. The Bertz CT molecular complexity index is 827. The summed E-state index contributed by atoms with van der Waals surface area (Å²) in [6, 6.07) is 16.2. The van der Waals surface area contributed by atoms with Crippen molar-refractivity contribution in [2.45, 2.75) is 40.5 Å². The molecule has 32 heavy (non-hydrogen) atoms. The molecule has 0 fully saturated rings. The van der Waals surface area contributed by atoms with E-state index in [1.807, 2.05) is 24.3 Å². The van der Waals surface area contributed by atoms with E-state index in [0.717, 1.165) is 24.3 Å². The zero-order valence-electron chi connectivity index (χ0n) is 19.5. The number of allylic oxidation sites excluding steroid dienone is 2. The van der Waals surface area contributed by atoms with Gasteiger partial charge in [0.15, 0.2) is 0 Å². The molecular weight excluding hydrogens is 404 g/mol. The van der Waals surface area contributed by atoms with E-state index in [1.54, 1.807) is 0 Å². The molecule has 0 aromatic heterocycles. The van der Waals surface area contributed by atoms with Crippen molar-refractivity contribution in [2.75, 3.05) is 26.3 Å². The van der Waals surface area contributed by atoms with Crippen LogP contribution in [0.5, 0.6) is 11.5 Å². The van der Waals surface area contributed by atoms with E-state index < -0.39 is 0 Å². The van der Waals surface area contributed by atoms with Gasteiger partial charge in [-0.25, -0.2) is 0 Å². The zero-order chi connectivity index (χ0) is 23.3. The highest BCUT2D eigenvalue weighted by atomic mass is 16.5. The number of benzene rings is 2. The number of hydrogen-bond donors (Lipinski definition) is 2. The van der Waals surface area contributed by atoms with E-state index in [0.29, 0.717) is 26.3 Å². The molecule has 2 N–H and O–H groups in total. The van der Waals surface area contributed by atoms with Gasteiger partial charge < -0.3 is 20.1 Å². The van der Waals surface area contributed by atoms with Crippen molar-refractivity contribution in [2.24, 2.45) is 0 Å². The van der Waals surface area contributed by atoms with Crippen molar-refractivity contribution in [1.82, 2.24) is 10.6 Å². The van der Waals surface area contributed by atoms with Crippen LogP contribution in [0.4, 0.5) is 0 Å². The minimum Gasteiger partial charge on any atom is -0.492 e. The molecule has 0 bridgehead atoms. The Morgan fingerprint density at radius 3 is 1.28 bits per heavy atom. The first-order valence-corrected chi connectivity index (χ1v) is 11.1. The molecule has 6 nitrogen and oxygen atoms in total. The lowest BCUT2D eigenvalue weighted by Gasteiger charge is -2.15. The van der Waals surface area contributed by atoms with Gasteiger partial charge in [0.2, 0.25) is 11.8 Å². The fourth-order valence-electron chi connectivity index (χ4n) is 3.48. The Kier molecular flexibility index (Phi) is 10.3. The molecule has 0 saturated heterocycles. The topological polar surface area (TPSA) is 76.7 Å². The molecule has 6 heteroatoms. The largest absolute Gasteiger partial charge is 0.492 e. The van der Waals surface area contributed by atoms with Crippen LogP contribution in [-0.2, 0) is 9.59 Å². The van der Waals surface area contributed by atoms with Gasteiger partial charge in [0.1, 0.15) is 24.7 Å². The molecule has 0 aliphatic heterocycles. The van der Waals surface area contributed by atoms with Gasteiger partial charge in [-0.3, -0.25) is 9.59 Å². The predicted molar refractivity (Wildman–Crippen MR) is 129 cm³/mol. The molecule has 2 aromatic carbocycles. The highest BCUT2D eigenvalue weighted by Gasteiger charge is 2.10. The molecule has 0 aliphatic rings. The quantitative estimate of drug-likeness (QED) is 0.379. The van der Waals surface area contributed by atoms with Gasteiger partial charge in [-0.1, -0.05) is 38.1 Å². The van der Waals surface area contributed by atoms with Crippen molar-refractivity contribution in [3.05, 3.63) is 59.7 Å². The van der Waals surface area contributed by atoms with Crippen LogP contribution >= 0.6 is 0 Å². The second-order valence-electron chi connectivity index (χ2n) is 7.38. The van der Waals surface area contributed by atoms with E-state index in [-0.39, 0.29) is 11.8 Å². The van der Waals surface area contributed by atoms with Crippen molar-refractivity contribution in [3.8, 4) is 11.5 Å². The number of rotatable bonds is 12. The van der Waals surface area contributed by atoms with Crippen LogP contribution in [0.3, 0.4) is 0 Å². The van der Waals surface area contributed by atoms with Gasteiger partial charge in [0.25, 0.3) is 0 Å². The summed E-state index contributed by atoms with van der Waals surface area (Å²) in [5.74, 6) is 1.46. The highest BCUT2D eigenvalue weighted by molar-refractivity contribution is 5.90. The van der Waals surface area contributed by atoms with Crippen LogP contribution in [-0.4, -0.2) is 38.1 Å². The first kappa shape index (κ1) is 25.0. The van der Waals surface area contributed by atoms with Crippen LogP contribution in [0.25, 0.3) is 11.1 Å². The average Bonchev–Trinajstić information content (AvgIpc) is 2.79. The van der Waals surface area contributed by atoms with Gasteiger partial charge >= 0.3 is 0 Å². The fourth-order valence-corrected chi connectivity index (χ4v) is 3.48. The van der Waals surface area contributed by atoms with Crippen molar-refractivity contribution < 1.29 is 19.1 Å². The Morgan fingerprint density at radius 2 is 1.00 bits per heavy atom. The average molecular weight is 439 g/mol. The number of nitrogens with one attached hydrogen (secondary N) is 2. The lowest BCUT2D eigenvalue weighted by molar-refractivity contribution is -0.119. The summed E-state index contributed by atoms with van der Waals surface area (Å²) < 4.78 is 11.4. The minimum absolute atomic E-state index is 0.0571. The van der Waals surface area contributed by atoms with E-state index in [4.69, 9.17) is 9.47 Å². The molecule has 0 atom stereocenters. The van der Waals surface area contributed by atoms with Crippen LogP contribution < -0.4 is 20.1 Å². The van der Waals surface area contributed by atoms with Gasteiger partial charge in [-0.2, -0.15) is 0 Å². The summed E-state index contributed by atoms with van der Waals surface area (Å²) in [6.45, 7) is 9.18. The third kappa shape index (κ3) is 8.10. The Hall–Kier alpha value is -3.28. The Labute approximate surface area is 191 Å². The fraction of sp³-hybridized carbons (Fsp3) is 0.385. The van der Waals surface area contributed by atoms with Gasteiger partial charge in [-0.15, -0.1) is 0 Å². The van der Waals surface area contributed by atoms with Crippen LogP contribution in [0.1, 0.15) is 51.7 Å². The molecule has 0 unspecified atom stereocenters. The van der Waals surface area contributed by atoms with Crippen molar-refractivity contribution in [1.29, 1.82) is 0 Å². The van der Waals surface area contributed by atoms with E-state index in [9.17, 15) is 9.59 Å². The maximum atomic E-state index is 10.9. The summed E-state index contributed by atoms with van der Waals surface area (Å²) in [7, 11) is 0. The second-order valence-corrected chi connectivity index (χ2v) is 7.38. The van der Waals surface area contributed by atoms with Crippen LogP contribution in [0.15, 0.2) is 48.5 Å². The lowest BCUT2D eigenvalue weighted by Crippen LogP contribution is -2.25. The number of hydrogen-bond acceptors (Lipinski definition) is 4. The van der Waals surface area contributed by atoms with Crippen LogP contribution in [0.2, 0.25) is 0 Å².